The van der Waals surface area contributed by atoms with Crippen molar-refractivity contribution in [3.63, 3.8) is 0 Å². The molecule has 5 heteroatoms. The monoisotopic (exact) mass is 422 g/mol. The van der Waals surface area contributed by atoms with Gasteiger partial charge in [0.1, 0.15) is 0 Å². The molecule has 3 aromatic carbocycles. The Morgan fingerprint density at radius 2 is 1.59 bits per heavy atom. The van der Waals surface area contributed by atoms with E-state index in [0.29, 0.717) is 17.3 Å². The van der Waals surface area contributed by atoms with Gasteiger partial charge in [0.2, 0.25) is 0 Å². The number of carbonyl (C=O) groups is 1. The largest absolute Gasteiger partial charge is 0.339 e. The van der Waals surface area contributed by atoms with E-state index in [0.717, 1.165) is 22.6 Å². The lowest BCUT2D eigenvalue weighted by Crippen LogP contribution is -2.12. The topological polar surface area (TPSA) is 66.9 Å². The van der Waals surface area contributed by atoms with E-state index in [4.69, 9.17) is 0 Å². The van der Waals surface area contributed by atoms with E-state index in [1.54, 1.807) is 12.1 Å². The zero-order valence-corrected chi connectivity index (χ0v) is 18.5. The molecule has 0 spiro atoms. The fourth-order valence-corrected chi connectivity index (χ4v) is 3.40. The molecule has 0 unspecified atom stereocenters. The maximum Gasteiger partial charge on any atom is 0.255 e. The van der Waals surface area contributed by atoms with Crippen LogP contribution in [0.25, 0.3) is 11.3 Å². The second-order valence-corrected chi connectivity index (χ2v) is 8.11. The average Bonchev–Trinajstić information content (AvgIpc) is 2.80. The summed E-state index contributed by atoms with van der Waals surface area (Å²) in [7, 11) is 0. The summed E-state index contributed by atoms with van der Waals surface area (Å²) in [6.45, 7) is 6.34. The second-order valence-electron chi connectivity index (χ2n) is 8.11. The minimum absolute atomic E-state index is 0.160. The van der Waals surface area contributed by atoms with Gasteiger partial charge in [-0.3, -0.25) is 4.79 Å². The van der Waals surface area contributed by atoms with Crippen LogP contribution in [0.3, 0.4) is 0 Å². The van der Waals surface area contributed by atoms with Crippen LogP contribution in [0.1, 0.15) is 41.3 Å². The van der Waals surface area contributed by atoms with Gasteiger partial charge in [-0.1, -0.05) is 55.8 Å². The van der Waals surface area contributed by atoms with Gasteiger partial charge in [-0.05, 0) is 66.9 Å². The summed E-state index contributed by atoms with van der Waals surface area (Å²) >= 11 is 0. The van der Waals surface area contributed by atoms with Crippen molar-refractivity contribution in [2.75, 3.05) is 10.6 Å². The molecule has 4 aromatic rings. The Morgan fingerprint density at radius 1 is 0.812 bits per heavy atom. The molecule has 1 aromatic heterocycles. The molecular weight excluding hydrogens is 396 g/mol. The van der Waals surface area contributed by atoms with E-state index in [1.807, 2.05) is 60.7 Å². The summed E-state index contributed by atoms with van der Waals surface area (Å²) in [5.74, 6) is 0.909. The summed E-state index contributed by atoms with van der Waals surface area (Å²) < 4.78 is 0. The lowest BCUT2D eigenvalue weighted by molar-refractivity contribution is 0.102. The fourth-order valence-electron chi connectivity index (χ4n) is 3.40. The first kappa shape index (κ1) is 21.2. The Bertz CT molecular complexity index is 1220. The van der Waals surface area contributed by atoms with E-state index < -0.39 is 0 Å². The molecule has 32 heavy (non-hydrogen) atoms. The molecule has 0 atom stereocenters. The number of aryl methyl sites for hydroxylation is 1. The Kier molecular flexibility index (Phi) is 6.26. The first-order valence-electron chi connectivity index (χ1n) is 10.7. The molecule has 0 bridgehead atoms. The lowest BCUT2D eigenvalue weighted by Gasteiger charge is -2.10. The third-order valence-electron chi connectivity index (χ3n) is 5.21. The van der Waals surface area contributed by atoms with Crippen molar-refractivity contribution in [3.8, 4) is 11.3 Å². The Hall–Kier alpha value is -3.99. The molecule has 0 aliphatic carbocycles. The molecular formula is C27H26N4O. The zero-order chi connectivity index (χ0) is 22.5. The normalized spacial score (nSPS) is 10.8. The smallest absolute Gasteiger partial charge is 0.255 e. The van der Waals surface area contributed by atoms with Gasteiger partial charge >= 0.3 is 0 Å². The molecule has 160 valence electrons. The predicted octanol–water partition coefficient (Wildman–Crippen LogP) is 6.57. The number of carbonyl (C=O) groups excluding carboxylic acids is 1. The molecule has 0 aliphatic heterocycles. The highest BCUT2D eigenvalue weighted by atomic mass is 16.1. The SMILES string of the molecule is Cc1cccc(-c2ccc(Nc3cccc(C(=O)Nc4ccc(C(C)C)cc4)c3)nn2)c1. The van der Waals surface area contributed by atoms with Crippen LogP contribution in [-0.2, 0) is 0 Å². The maximum absolute atomic E-state index is 12.7. The number of hydrogen-bond donors (Lipinski definition) is 2. The number of nitrogens with zero attached hydrogens (tertiary/aromatic N) is 2. The Labute approximate surface area is 188 Å². The Morgan fingerprint density at radius 3 is 2.28 bits per heavy atom. The molecule has 0 radical (unpaired) electrons. The molecule has 4 rings (SSSR count). The van der Waals surface area contributed by atoms with Crippen LogP contribution in [0, 0.1) is 6.92 Å². The molecule has 5 nitrogen and oxygen atoms in total. The summed E-state index contributed by atoms with van der Waals surface area (Å²) in [5, 5.41) is 14.8. The van der Waals surface area contributed by atoms with Crippen LogP contribution in [0.2, 0.25) is 0 Å². The highest BCUT2D eigenvalue weighted by Gasteiger charge is 2.09. The van der Waals surface area contributed by atoms with Crippen molar-refractivity contribution in [2.45, 2.75) is 26.7 Å². The third-order valence-corrected chi connectivity index (χ3v) is 5.21. The number of benzene rings is 3. The number of nitrogens with one attached hydrogen (secondary N) is 2. The quantitative estimate of drug-likeness (QED) is 0.369. The molecule has 2 N–H and O–H groups in total. The molecule has 0 saturated carbocycles. The highest BCUT2D eigenvalue weighted by molar-refractivity contribution is 6.04. The van der Waals surface area contributed by atoms with Gasteiger partial charge in [-0.15, -0.1) is 10.2 Å². The van der Waals surface area contributed by atoms with E-state index in [9.17, 15) is 4.79 Å². The number of anilines is 3. The molecule has 0 aliphatic rings. The van der Waals surface area contributed by atoms with E-state index in [-0.39, 0.29) is 5.91 Å². The second kappa shape index (κ2) is 9.43. The van der Waals surface area contributed by atoms with Gasteiger partial charge < -0.3 is 10.6 Å². The summed E-state index contributed by atoms with van der Waals surface area (Å²) in [6, 6.07) is 27.2. The van der Waals surface area contributed by atoms with Crippen LogP contribution in [0.4, 0.5) is 17.2 Å². The maximum atomic E-state index is 12.7. The minimum atomic E-state index is -0.160. The fraction of sp³-hybridized carbons (Fsp3) is 0.148. The van der Waals surface area contributed by atoms with Gasteiger partial charge in [-0.2, -0.15) is 0 Å². The van der Waals surface area contributed by atoms with Crippen molar-refractivity contribution < 1.29 is 4.79 Å². The number of hydrogen-bond acceptors (Lipinski definition) is 4. The zero-order valence-electron chi connectivity index (χ0n) is 18.5. The van der Waals surface area contributed by atoms with E-state index in [2.05, 4.69) is 53.7 Å². The van der Waals surface area contributed by atoms with Gasteiger partial charge in [0.05, 0.1) is 5.69 Å². The number of rotatable bonds is 6. The molecule has 0 fully saturated rings. The van der Waals surface area contributed by atoms with Crippen LogP contribution in [0.15, 0.2) is 84.9 Å². The highest BCUT2D eigenvalue weighted by Crippen LogP contribution is 2.21. The summed E-state index contributed by atoms with van der Waals surface area (Å²) in [5.41, 5.74) is 6.37. The van der Waals surface area contributed by atoms with Crippen molar-refractivity contribution in [1.29, 1.82) is 0 Å². The van der Waals surface area contributed by atoms with Gasteiger partial charge in [0.15, 0.2) is 5.82 Å². The van der Waals surface area contributed by atoms with E-state index in [1.165, 1.54) is 11.1 Å². The summed E-state index contributed by atoms with van der Waals surface area (Å²) in [6.07, 6.45) is 0. The molecule has 1 heterocycles. The standard InChI is InChI=1S/C27H26N4O/c1-18(2)20-10-12-23(13-11-20)29-27(32)22-8-5-9-24(17-22)28-26-15-14-25(30-31-26)21-7-4-6-19(3)16-21/h4-18H,1-3H3,(H,28,31)(H,29,32). The van der Waals surface area contributed by atoms with E-state index >= 15 is 0 Å². The van der Waals surface area contributed by atoms with Crippen LogP contribution in [0.5, 0.6) is 0 Å². The van der Waals surface area contributed by atoms with Crippen molar-refractivity contribution >= 4 is 23.1 Å². The van der Waals surface area contributed by atoms with Gasteiger partial charge in [0, 0.05) is 22.5 Å². The third kappa shape index (κ3) is 5.19. The first-order chi connectivity index (χ1) is 15.5. The number of amides is 1. The number of aromatic nitrogens is 2. The van der Waals surface area contributed by atoms with Gasteiger partial charge in [-0.25, -0.2) is 0 Å². The Balaban J connectivity index is 1.44. The van der Waals surface area contributed by atoms with Crippen LogP contribution < -0.4 is 10.6 Å². The van der Waals surface area contributed by atoms with Crippen molar-refractivity contribution in [3.05, 3.63) is 102 Å². The first-order valence-corrected chi connectivity index (χ1v) is 10.7. The molecule has 0 saturated heterocycles. The minimum Gasteiger partial charge on any atom is -0.339 e. The average molecular weight is 423 g/mol. The lowest BCUT2D eigenvalue weighted by atomic mass is 10.0. The van der Waals surface area contributed by atoms with Gasteiger partial charge in [0.25, 0.3) is 5.91 Å². The molecule has 1 amide bonds. The van der Waals surface area contributed by atoms with Crippen molar-refractivity contribution in [2.24, 2.45) is 0 Å². The van der Waals surface area contributed by atoms with Crippen molar-refractivity contribution in [1.82, 2.24) is 10.2 Å². The van der Waals surface area contributed by atoms with Crippen LogP contribution >= 0.6 is 0 Å². The summed E-state index contributed by atoms with van der Waals surface area (Å²) in [4.78, 5) is 12.7. The predicted molar refractivity (Wildman–Crippen MR) is 130 cm³/mol. The van der Waals surface area contributed by atoms with Crippen LogP contribution in [-0.4, -0.2) is 16.1 Å².